The SMILES string of the molecule is COCc1ccc(OC(F)(F)F)c(CNC(=O)Nc2c(C)c(OCC3CCCN(C)C3)nn2-c2ccccc2)c1. The van der Waals surface area contributed by atoms with E-state index < -0.39 is 18.1 Å². The van der Waals surface area contributed by atoms with Crippen molar-refractivity contribution in [1.29, 1.82) is 0 Å². The molecule has 0 spiro atoms. The number of urea groups is 1. The lowest BCUT2D eigenvalue weighted by molar-refractivity contribution is -0.274. The minimum atomic E-state index is -4.87. The van der Waals surface area contributed by atoms with Crippen LogP contribution in [0.25, 0.3) is 5.69 Å². The summed E-state index contributed by atoms with van der Waals surface area (Å²) in [4.78, 5) is 15.3. The Hall–Kier alpha value is -3.77. The smallest absolute Gasteiger partial charge is 0.476 e. The summed E-state index contributed by atoms with van der Waals surface area (Å²) in [7, 11) is 3.57. The third kappa shape index (κ3) is 7.89. The number of hydrogen-bond donors (Lipinski definition) is 2. The van der Waals surface area contributed by atoms with Gasteiger partial charge in [-0.25, -0.2) is 9.48 Å². The van der Waals surface area contributed by atoms with Crippen molar-refractivity contribution in [3.05, 3.63) is 65.2 Å². The Kier molecular flexibility index (Phi) is 9.54. The summed E-state index contributed by atoms with van der Waals surface area (Å²) in [6.07, 6.45) is -2.69. The highest BCUT2D eigenvalue weighted by molar-refractivity contribution is 5.89. The number of benzene rings is 2. The standard InChI is InChI=1S/C28H34F3N5O4/c1-19-25(33-27(37)32-15-22-14-20(17-38-3)11-12-24(22)40-28(29,30)31)36(23-9-5-4-6-10-23)34-26(19)39-18-21-8-7-13-35(2)16-21/h4-6,9-12,14,21H,7-8,13,15-18H2,1-3H3,(H2,32,33,37). The summed E-state index contributed by atoms with van der Waals surface area (Å²) < 4.78 is 55.7. The number of ether oxygens (including phenoxy) is 3. The lowest BCUT2D eigenvalue weighted by Gasteiger charge is -2.29. The zero-order valence-electron chi connectivity index (χ0n) is 22.8. The number of anilines is 1. The van der Waals surface area contributed by atoms with Gasteiger partial charge >= 0.3 is 12.4 Å². The molecule has 2 heterocycles. The van der Waals surface area contributed by atoms with Crippen LogP contribution in [0.2, 0.25) is 0 Å². The molecule has 0 saturated carbocycles. The number of carbonyl (C=O) groups excluding carboxylic acids is 1. The number of nitrogens with one attached hydrogen (secondary N) is 2. The molecule has 1 saturated heterocycles. The summed E-state index contributed by atoms with van der Waals surface area (Å²) in [5.74, 6) is 0.767. The third-order valence-corrected chi connectivity index (χ3v) is 6.59. The Morgan fingerprint density at radius 1 is 1.18 bits per heavy atom. The van der Waals surface area contributed by atoms with Crippen LogP contribution in [0.4, 0.5) is 23.8 Å². The molecule has 0 radical (unpaired) electrons. The van der Waals surface area contributed by atoms with Crippen LogP contribution in [-0.2, 0) is 17.9 Å². The summed E-state index contributed by atoms with van der Waals surface area (Å²) in [6, 6.07) is 12.8. The van der Waals surface area contributed by atoms with Gasteiger partial charge in [-0.2, -0.15) is 0 Å². The van der Waals surface area contributed by atoms with Gasteiger partial charge in [0.05, 0.1) is 24.5 Å². The van der Waals surface area contributed by atoms with Crippen molar-refractivity contribution >= 4 is 11.8 Å². The number of aromatic nitrogens is 2. The predicted molar refractivity (Wildman–Crippen MR) is 144 cm³/mol. The number of piperidine rings is 1. The second-order valence-corrected chi connectivity index (χ2v) is 9.84. The van der Waals surface area contributed by atoms with Crippen LogP contribution in [0, 0.1) is 12.8 Å². The second-order valence-electron chi connectivity index (χ2n) is 9.84. The molecule has 2 amide bonds. The van der Waals surface area contributed by atoms with Crippen molar-refractivity contribution in [3.8, 4) is 17.3 Å². The molecule has 12 heteroatoms. The number of carbonyl (C=O) groups is 1. The molecule has 4 rings (SSSR count). The minimum absolute atomic E-state index is 0.150. The average Bonchev–Trinajstić information content (AvgIpc) is 3.22. The average molecular weight is 562 g/mol. The van der Waals surface area contributed by atoms with E-state index in [1.54, 1.807) is 11.6 Å². The number of methoxy groups -OCH3 is 1. The quantitative estimate of drug-likeness (QED) is 0.351. The molecular formula is C28H34F3N5O4. The summed E-state index contributed by atoms with van der Waals surface area (Å²) in [6.45, 7) is 4.29. The molecule has 3 aromatic rings. The maximum absolute atomic E-state index is 13.0. The number of hydrogen-bond acceptors (Lipinski definition) is 6. The molecule has 2 aromatic carbocycles. The van der Waals surface area contributed by atoms with E-state index in [0.29, 0.717) is 41.0 Å². The third-order valence-electron chi connectivity index (χ3n) is 6.59. The van der Waals surface area contributed by atoms with Gasteiger partial charge in [-0.05, 0) is 63.2 Å². The summed E-state index contributed by atoms with van der Waals surface area (Å²) in [5, 5.41) is 10.0. The molecule has 1 fully saturated rings. The molecule has 1 atom stereocenters. The highest BCUT2D eigenvalue weighted by atomic mass is 19.4. The monoisotopic (exact) mass is 561 g/mol. The van der Waals surface area contributed by atoms with Crippen LogP contribution >= 0.6 is 0 Å². The lowest BCUT2D eigenvalue weighted by Crippen LogP contribution is -2.34. The minimum Gasteiger partial charge on any atom is -0.476 e. The van der Waals surface area contributed by atoms with Gasteiger partial charge in [-0.3, -0.25) is 5.32 Å². The largest absolute Gasteiger partial charge is 0.573 e. The number of nitrogens with zero attached hydrogens (tertiary/aromatic N) is 3. The van der Waals surface area contributed by atoms with Gasteiger partial charge in [0.1, 0.15) is 11.6 Å². The Morgan fingerprint density at radius 2 is 1.95 bits per heavy atom. The fourth-order valence-corrected chi connectivity index (χ4v) is 4.70. The molecule has 1 aliphatic heterocycles. The molecule has 9 nitrogen and oxygen atoms in total. The van der Waals surface area contributed by atoms with Crippen LogP contribution < -0.4 is 20.1 Å². The van der Waals surface area contributed by atoms with Crippen LogP contribution in [0.5, 0.6) is 11.6 Å². The van der Waals surface area contributed by atoms with Crippen molar-refractivity contribution in [2.75, 3.05) is 39.2 Å². The Morgan fingerprint density at radius 3 is 2.65 bits per heavy atom. The first-order valence-electron chi connectivity index (χ1n) is 13.0. The van der Waals surface area contributed by atoms with E-state index in [1.807, 2.05) is 30.3 Å². The van der Waals surface area contributed by atoms with Crippen molar-refractivity contribution in [2.24, 2.45) is 5.92 Å². The van der Waals surface area contributed by atoms with Gasteiger partial charge in [-0.15, -0.1) is 18.3 Å². The summed E-state index contributed by atoms with van der Waals surface area (Å²) in [5.41, 5.74) is 2.13. The number of amides is 2. The number of para-hydroxylation sites is 1. The van der Waals surface area contributed by atoms with Gasteiger partial charge < -0.3 is 24.4 Å². The zero-order chi connectivity index (χ0) is 28.7. The number of likely N-dealkylation sites (tertiary alicyclic amines) is 1. The fraction of sp³-hybridized carbons (Fsp3) is 0.429. The van der Waals surface area contributed by atoms with Gasteiger partial charge in [0.2, 0.25) is 5.88 Å². The Bertz CT molecular complexity index is 1280. The van der Waals surface area contributed by atoms with E-state index >= 15 is 0 Å². The van der Waals surface area contributed by atoms with E-state index in [1.165, 1.54) is 25.3 Å². The van der Waals surface area contributed by atoms with Crippen LogP contribution in [-0.4, -0.2) is 60.9 Å². The van der Waals surface area contributed by atoms with Crippen LogP contribution in [0.15, 0.2) is 48.5 Å². The summed E-state index contributed by atoms with van der Waals surface area (Å²) >= 11 is 0. The topological polar surface area (TPSA) is 89.9 Å². The van der Waals surface area contributed by atoms with E-state index in [-0.39, 0.29) is 18.7 Å². The number of alkyl halides is 3. The maximum Gasteiger partial charge on any atom is 0.573 e. The maximum atomic E-state index is 13.0. The molecule has 1 unspecified atom stereocenters. The molecule has 216 valence electrons. The van der Waals surface area contributed by atoms with Gasteiger partial charge in [-0.1, -0.05) is 24.3 Å². The molecule has 1 aliphatic rings. The highest BCUT2D eigenvalue weighted by Gasteiger charge is 2.32. The van der Waals surface area contributed by atoms with Crippen molar-refractivity contribution in [3.63, 3.8) is 0 Å². The van der Waals surface area contributed by atoms with E-state index in [4.69, 9.17) is 9.47 Å². The highest BCUT2D eigenvalue weighted by Crippen LogP contribution is 2.30. The van der Waals surface area contributed by atoms with Crippen molar-refractivity contribution in [2.45, 2.75) is 39.3 Å². The van der Waals surface area contributed by atoms with Gasteiger partial charge in [0.15, 0.2) is 0 Å². The predicted octanol–water partition coefficient (Wildman–Crippen LogP) is 5.27. The van der Waals surface area contributed by atoms with Crippen molar-refractivity contribution < 1.29 is 32.2 Å². The van der Waals surface area contributed by atoms with Crippen molar-refractivity contribution in [1.82, 2.24) is 20.0 Å². The molecular weight excluding hydrogens is 527 g/mol. The lowest BCUT2D eigenvalue weighted by atomic mass is 10.00. The van der Waals surface area contributed by atoms with E-state index in [0.717, 1.165) is 25.9 Å². The first kappa shape index (κ1) is 29.2. The molecule has 0 aliphatic carbocycles. The van der Waals surface area contributed by atoms with E-state index in [9.17, 15) is 18.0 Å². The van der Waals surface area contributed by atoms with Gasteiger partial charge in [0, 0.05) is 31.7 Å². The van der Waals surface area contributed by atoms with Gasteiger partial charge in [0.25, 0.3) is 0 Å². The Labute approximate surface area is 231 Å². The number of rotatable bonds is 10. The van der Waals surface area contributed by atoms with Crippen LogP contribution in [0.1, 0.15) is 29.5 Å². The second kappa shape index (κ2) is 13.1. The Balaban J connectivity index is 1.51. The fourth-order valence-electron chi connectivity index (χ4n) is 4.70. The van der Waals surface area contributed by atoms with Crippen LogP contribution in [0.3, 0.4) is 0 Å². The first-order chi connectivity index (χ1) is 19.1. The zero-order valence-corrected chi connectivity index (χ0v) is 22.8. The normalized spacial score (nSPS) is 16.0. The molecule has 1 aromatic heterocycles. The molecule has 2 N–H and O–H groups in total. The van der Waals surface area contributed by atoms with E-state index in [2.05, 4.69) is 32.4 Å². The first-order valence-corrected chi connectivity index (χ1v) is 13.0. The number of halogens is 3. The molecule has 40 heavy (non-hydrogen) atoms. The molecule has 0 bridgehead atoms.